The van der Waals surface area contributed by atoms with E-state index in [2.05, 4.69) is 199 Å². The van der Waals surface area contributed by atoms with Crippen molar-refractivity contribution in [1.29, 1.82) is 0 Å². The largest absolute Gasteiger partial charge is 0.460 e. The van der Waals surface area contributed by atoms with Gasteiger partial charge in [-0.2, -0.15) is 0 Å². The van der Waals surface area contributed by atoms with Gasteiger partial charge in [0.2, 0.25) is 0 Å². The smallest absolute Gasteiger partial charge is 0.136 e. The maximum Gasteiger partial charge on any atom is 0.136 e. The van der Waals surface area contributed by atoms with Crippen molar-refractivity contribution < 1.29 is 8.83 Å². The van der Waals surface area contributed by atoms with E-state index in [1.165, 1.54) is 60.4 Å². The van der Waals surface area contributed by atoms with Crippen molar-refractivity contribution in [3.8, 4) is 11.1 Å². The van der Waals surface area contributed by atoms with Gasteiger partial charge in [0.1, 0.15) is 22.5 Å². The minimum atomic E-state index is 0.0956. The Morgan fingerprint density at radius 1 is 0.492 bits per heavy atom. The van der Waals surface area contributed by atoms with Gasteiger partial charge in [0.25, 0.3) is 0 Å². The molecule has 2 atom stereocenters. The number of nitrogens with zero attached hydrogens (tertiary/aromatic N) is 1. The summed E-state index contributed by atoms with van der Waals surface area (Å²) in [5.74, 6) is 1.31. The zero-order valence-corrected chi connectivity index (χ0v) is 32.4. The van der Waals surface area contributed by atoms with Gasteiger partial charge in [-0.3, -0.25) is 0 Å². The number of fused-ring (bicyclic) bond motifs is 8. The maximum absolute atomic E-state index is 6.43. The molecule has 0 saturated heterocycles. The molecule has 280 valence electrons. The standard InChI is InChI=1S/C56H39NO2/c1-2-12-40-34-56-51(32-39(40)11-1)50-33-42(25-31-54(50)59-56)47-15-5-7-18-52(47)57(44-28-22-38(23-29-44)46-17-9-13-37-10-3-4-14-45(37)46)43-26-20-36(21-27-43)41-24-30-49-48-16-6-8-19-53(48)58-55(49)35-41/h1-28,30-34,41,44H,29,35H2. The molecule has 0 fully saturated rings. The highest BCUT2D eigenvalue weighted by Gasteiger charge is 2.26. The lowest BCUT2D eigenvalue weighted by Crippen LogP contribution is -2.30. The Morgan fingerprint density at radius 2 is 1.20 bits per heavy atom. The van der Waals surface area contributed by atoms with Gasteiger partial charge in [0.15, 0.2) is 0 Å². The molecule has 10 aromatic rings. The van der Waals surface area contributed by atoms with Crippen LogP contribution in [0.1, 0.15) is 34.8 Å². The summed E-state index contributed by atoms with van der Waals surface area (Å²) in [5, 5.41) is 8.39. The minimum absolute atomic E-state index is 0.0956. The van der Waals surface area contributed by atoms with Crippen LogP contribution < -0.4 is 4.90 Å². The van der Waals surface area contributed by atoms with Crippen LogP contribution in [0, 0.1) is 0 Å². The molecule has 0 radical (unpaired) electrons. The molecule has 3 nitrogen and oxygen atoms in total. The number of hydrogen-bond acceptors (Lipinski definition) is 3. The van der Waals surface area contributed by atoms with Crippen LogP contribution in [0.15, 0.2) is 203 Å². The second kappa shape index (κ2) is 13.6. The molecule has 2 unspecified atom stereocenters. The quantitative estimate of drug-likeness (QED) is 0.169. The van der Waals surface area contributed by atoms with Crippen LogP contribution >= 0.6 is 0 Å². The molecular weight excluding hydrogens is 719 g/mol. The van der Waals surface area contributed by atoms with Gasteiger partial charge in [0.05, 0.1) is 6.04 Å². The summed E-state index contributed by atoms with van der Waals surface area (Å²) in [6, 6.07) is 61.4. The highest BCUT2D eigenvalue weighted by Crippen LogP contribution is 2.43. The van der Waals surface area contributed by atoms with E-state index >= 15 is 0 Å². The summed E-state index contributed by atoms with van der Waals surface area (Å²) in [6.07, 6.45) is 13.4. The van der Waals surface area contributed by atoms with Crippen molar-refractivity contribution in [2.24, 2.45) is 0 Å². The number of allylic oxidation sites excluding steroid dienone is 3. The molecule has 0 N–H and O–H groups in total. The second-order valence-electron chi connectivity index (χ2n) is 15.9. The number of rotatable bonds is 6. The molecule has 0 saturated carbocycles. The lowest BCUT2D eigenvalue weighted by atomic mass is 9.88. The molecule has 2 aliphatic carbocycles. The third-order valence-corrected chi connectivity index (χ3v) is 12.5. The van der Waals surface area contributed by atoms with E-state index in [9.17, 15) is 0 Å². The lowest BCUT2D eigenvalue weighted by molar-refractivity contribution is 0.532. The van der Waals surface area contributed by atoms with Gasteiger partial charge in [-0.1, -0.05) is 152 Å². The Morgan fingerprint density at radius 3 is 2.07 bits per heavy atom. The Kier molecular flexibility index (Phi) is 7.80. The molecule has 59 heavy (non-hydrogen) atoms. The maximum atomic E-state index is 6.43. The molecule has 0 amide bonds. The van der Waals surface area contributed by atoms with Gasteiger partial charge in [-0.25, -0.2) is 0 Å². The summed E-state index contributed by atoms with van der Waals surface area (Å²) in [6.45, 7) is 0. The van der Waals surface area contributed by atoms with Crippen LogP contribution in [0.5, 0.6) is 0 Å². The van der Waals surface area contributed by atoms with Crippen LogP contribution in [0.25, 0.3) is 77.2 Å². The summed E-state index contributed by atoms with van der Waals surface area (Å²) < 4.78 is 12.8. The van der Waals surface area contributed by atoms with Crippen molar-refractivity contribution in [1.82, 2.24) is 0 Å². The predicted molar refractivity (Wildman–Crippen MR) is 246 cm³/mol. The van der Waals surface area contributed by atoms with Crippen LogP contribution in [0.3, 0.4) is 0 Å². The number of hydrogen-bond donors (Lipinski definition) is 0. The van der Waals surface area contributed by atoms with Crippen LogP contribution in [-0.4, -0.2) is 6.04 Å². The van der Waals surface area contributed by atoms with Gasteiger partial charge in [0, 0.05) is 51.0 Å². The van der Waals surface area contributed by atoms with Crippen molar-refractivity contribution in [2.75, 3.05) is 4.90 Å². The molecule has 0 aliphatic heterocycles. The summed E-state index contributed by atoms with van der Waals surface area (Å²) >= 11 is 0. The lowest BCUT2D eigenvalue weighted by Gasteiger charge is -2.35. The van der Waals surface area contributed by atoms with Gasteiger partial charge in [-0.15, -0.1) is 0 Å². The fraction of sp³-hybridized carbons (Fsp3) is 0.0714. The third-order valence-electron chi connectivity index (χ3n) is 12.5. The Labute approximate surface area is 342 Å². The molecular formula is C56H39NO2. The normalized spacial score (nSPS) is 16.3. The number of furan rings is 2. The highest BCUT2D eigenvalue weighted by atomic mass is 16.3. The molecule has 0 bridgehead atoms. The van der Waals surface area contributed by atoms with E-state index in [1.54, 1.807) is 0 Å². The second-order valence-corrected chi connectivity index (χ2v) is 15.9. The van der Waals surface area contributed by atoms with E-state index in [-0.39, 0.29) is 12.0 Å². The molecule has 8 aromatic carbocycles. The first-order chi connectivity index (χ1) is 29.2. The zero-order chi connectivity index (χ0) is 38.9. The first-order valence-corrected chi connectivity index (χ1v) is 20.6. The van der Waals surface area contributed by atoms with E-state index in [4.69, 9.17) is 8.83 Å². The first-order valence-electron chi connectivity index (χ1n) is 20.6. The fourth-order valence-electron chi connectivity index (χ4n) is 9.59. The Balaban J connectivity index is 0.942. The number of benzene rings is 8. The molecule has 2 heterocycles. The molecule has 2 aromatic heterocycles. The van der Waals surface area contributed by atoms with Crippen LogP contribution in [-0.2, 0) is 6.42 Å². The van der Waals surface area contributed by atoms with Crippen molar-refractivity contribution in [3.05, 3.63) is 217 Å². The fourth-order valence-corrected chi connectivity index (χ4v) is 9.59. The minimum Gasteiger partial charge on any atom is -0.460 e. The monoisotopic (exact) mass is 757 g/mol. The summed E-state index contributed by atoms with van der Waals surface area (Å²) in [7, 11) is 0. The van der Waals surface area contributed by atoms with E-state index in [0.717, 1.165) is 57.4 Å². The number of para-hydroxylation sites is 2. The Hall–Kier alpha value is -7.36. The first kappa shape index (κ1) is 33.7. The molecule has 0 spiro atoms. The SMILES string of the molecule is C1=CC(N(c2ccc(C3C=Cc4c(oc5ccccc45)C3)cc2)c2ccccc2-c2ccc3oc4cc5ccccc5cc4c3c2)CC=C1c1cccc2ccccc12. The third kappa shape index (κ3) is 5.73. The summed E-state index contributed by atoms with van der Waals surface area (Å²) in [4.78, 5) is 2.53. The summed E-state index contributed by atoms with van der Waals surface area (Å²) in [5.41, 5.74) is 12.5. The molecule has 2 aliphatic rings. The van der Waals surface area contributed by atoms with Crippen LogP contribution in [0.2, 0.25) is 0 Å². The zero-order valence-electron chi connectivity index (χ0n) is 32.4. The highest BCUT2D eigenvalue weighted by molar-refractivity contribution is 6.11. The van der Waals surface area contributed by atoms with E-state index in [1.807, 2.05) is 6.07 Å². The van der Waals surface area contributed by atoms with Gasteiger partial charge < -0.3 is 13.7 Å². The van der Waals surface area contributed by atoms with E-state index < -0.39 is 0 Å². The van der Waals surface area contributed by atoms with Gasteiger partial charge >= 0.3 is 0 Å². The topological polar surface area (TPSA) is 29.5 Å². The average Bonchev–Trinajstić information content (AvgIpc) is 3.85. The van der Waals surface area contributed by atoms with Crippen molar-refractivity contribution in [2.45, 2.75) is 24.8 Å². The van der Waals surface area contributed by atoms with Crippen LogP contribution in [0.4, 0.5) is 11.4 Å². The molecule has 3 heteroatoms. The number of anilines is 2. The predicted octanol–water partition coefficient (Wildman–Crippen LogP) is 15.2. The van der Waals surface area contributed by atoms with Crippen molar-refractivity contribution in [3.63, 3.8) is 0 Å². The Bertz CT molecular complexity index is 3350. The average molecular weight is 758 g/mol. The molecule has 12 rings (SSSR count). The van der Waals surface area contributed by atoms with Gasteiger partial charge in [-0.05, 0) is 98.8 Å². The van der Waals surface area contributed by atoms with Crippen molar-refractivity contribution >= 4 is 77.5 Å². The van der Waals surface area contributed by atoms with E-state index in [0.29, 0.717) is 0 Å².